The van der Waals surface area contributed by atoms with Gasteiger partial charge in [0, 0.05) is 25.5 Å². The summed E-state index contributed by atoms with van der Waals surface area (Å²) in [6.07, 6.45) is 2.74. The Kier molecular flexibility index (Phi) is 4.12. The van der Waals surface area contributed by atoms with E-state index in [1.807, 2.05) is 0 Å². The third-order valence-electron chi connectivity index (χ3n) is 4.70. The largest absolute Gasteiger partial charge is 0.477 e. The van der Waals surface area contributed by atoms with Crippen LogP contribution in [0.5, 0.6) is 0 Å². The molecule has 1 fully saturated rings. The number of halogens is 1. The average molecular weight is 369 g/mol. The van der Waals surface area contributed by atoms with Gasteiger partial charge in [-0.15, -0.1) is 0 Å². The fraction of sp³-hybridized carbons (Fsp3) is 0.211. The Labute approximate surface area is 152 Å². The molecule has 4 rings (SSSR count). The number of fused-ring (bicyclic) bond motifs is 1. The van der Waals surface area contributed by atoms with E-state index in [1.165, 1.54) is 16.8 Å². The summed E-state index contributed by atoms with van der Waals surface area (Å²) in [4.78, 5) is 30.0. The lowest BCUT2D eigenvalue weighted by atomic mass is 10.1. The summed E-state index contributed by atoms with van der Waals surface area (Å²) < 4.78 is 16.2. The van der Waals surface area contributed by atoms with Crippen LogP contribution in [0.25, 0.3) is 16.7 Å². The van der Waals surface area contributed by atoms with Crippen LogP contribution in [-0.2, 0) is 0 Å². The van der Waals surface area contributed by atoms with Crippen molar-refractivity contribution in [2.75, 3.05) is 18.0 Å². The van der Waals surface area contributed by atoms with E-state index in [-0.39, 0.29) is 11.1 Å². The molecule has 0 amide bonds. The second-order valence-electron chi connectivity index (χ2n) is 6.44. The molecule has 3 heterocycles. The highest BCUT2D eigenvalue weighted by Crippen LogP contribution is 2.29. The van der Waals surface area contributed by atoms with E-state index in [0.717, 1.165) is 6.07 Å². The summed E-state index contributed by atoms with van der Waals surface area (Å²) in [5, 5.41) is 19.1. The molecule has 0 saturated carbocycles. The van der Waals surface area contributed by atoms with Crippen LogP contribution in [0.2, 0.25) is 0 Å². The van der Waals surface area contributed by atoms with Gasteiger partial charge in [0.15, 0.2) is 0 Å². The van der Waals surface area contributed by atoms with Gasteiger partial charge in [0.05, 0.1) is 22.7 Å². The molecule has 2 aromatic heterocycles. The van der Waals surface area contributed by atoms with Crippen LogP contribution in [0.15, 0.2) is 47.5 Å². The molecule has 1 aliphatic heterocycles. The molecule has 0 bridgehead atoms. The first kappa shape index (κ1) is 17.2. The number of aliphatic hydroxyl groups excluding tert-OH is 1. The molecule has 0 spiro atoms. The first-order chi connectivity index (χ1) is 13.0. The fourth-order valence-corrected chi connectivity index (χ4v) is 3.38. The van der Waals surface area contributed by atoms with Gasteiger partial charge in [-0.3, -0.25) is 4.79 Å². The smallest absolute Gasteiger partial charge is 0.341 e. The molecule has 1 aliphatic rings. The monoisotopic (exact) mass is 369 g/mol. The van der Waals surface area contributed by atoms with Gasteiger partial charge in [-0.25, -0.2) is 14.2 Å². The molecule has 138 valence electrons. The Bertz CT molecular complexity index is 1100. The quantitative estimate of drug-likeness (QED) is 0.731. The summed E-state index contributed by atoms with van der Waals surface area (Å²) in [6.45, 7) is 0.786. The number of carbonyl (C=O) groups is 1. The molecule has 27 heavy (non-hydrogen) atoms. The number of anilines is 1. The van der Waals surface area contributed by atoms with Crippen molar-refractivity contribution in [1.29, 1.82) is 0 Å². The van der Waals surface area contributed by atoms with Gasteiger partial charge in [0.25, 0.3) is 0 Å². The molecule has 1 aromatic carbocycles. The number of rotatable bonds is 3. The molecule has 0 aliphatic carbocycles. The van der Waals surface area contributed by atoms with Crippen molar-refractivity contribution >= 4 is 22.6 Å². The number of pyridine rings is 2. The van der Waals surface area contributed by atoms with Crippen LogP contribution in [0, 0.1) is 5.82 Å². The predicted octanol–water partition coefficient (Wildman–Crippen LogP) is 1.79. The maximum absolute atomic E-state index is 14.7. The zero-order chi connectivity index (χ0) is 19.1. The van der Waals surface area contributed by atoms with Crippen molar-refractivity contribution in [3.63, 3.8) is 0 Å². The molecular formula is C19H16FN3O4. The zero-order valence-electron chi connectivity index (χ0n) is 14.2. The van der Waals surface area contributed by atoms with Gasteiger partial charge in [-0.1, -0.05) is 6.07 Å². The van der Waals surface area contributed by atoms with Crippen molar-refractivity contribution in [2.45, 2.75) is 12.5 Å². The van der Waals surface area contributed by atoms with E-state index in [2.05, 4.69) is 4.98 Å². The number of nitrogens with zero attached hydrogens (tertiary/aromatic N) is 3. The number of aliphatic hydroxyl groups is 1. The standard InChI is InChI=1S/C19H16FN3O4/c20-14-7-12-15(8-16(14)22-6-4-11(24)9-22)23(17-3-1-2-5-21-17)10-13(18(12)25)19(26)27/h1-3,5,7-8,10-11,24H,4,6,9H2,(H,26,27). The lowest BCUT2D eigenvalue weighted by Gasteiger charge is -2.20. The van der Waals surface area contributed by atoms with Gasteiger partial charge >= 0.3 is 5.97 Å². The van der Waals surface area contributed by atoms with E-state index >= 15 is 0 Å². The van der Waals surface area contributed by atoms with Crippen molar-refractivity contribution in [2.24, 2.45) is 0 Å². The highest BCUT2D eigenvalue weighted by Gasteiger charge is 2.25. The zero-order valence-corrected chi connectivity index (χ0v) is 14.2. The molecule has 0 radical (unpaired) electrons. The Hall–Kier alpha value is -3.26. The minimum atomic E-state index is -1.39. The van der Waals surface area contributed by atoms with Gasteiger partial charge < -0.3 is 19.7 Å². The second kappa shape index (κ2) is 6.48. The lowest BCUT2D eigenvalue weighted by Crippen LogP contribution is -2.23. The van der Waals surface area contributed by atoms with E-state index in [4.69, 9.17) is 0 Å². The van der Waals surface area contributed by atoms with Crippen LogP contribution in [0.3, 0.4) is 0 Å². The minimum absolute atomic E-state index is 0.0402. The summed E-state index contributed by atoms with van der Waals surface area (Å²) in [7, 11) is 0. The van der Waals surface area contributed by atoms with Crippen molar-refractivity contribution < 1.29 is 19.4 Å². The maximum Gasteiger partial charge on any atom is 0.341 e. The van der Waals surface area contributed by atoms with E-state index in [1.54, 1.807) is 29.3 Å². The van der Waals surface area contributed by atoms with Crippen molar-refractivity contribution in [3.8, 4) is 5.82 Å². The number of hydrogen-bond donors (Lipinski definition) is 2. The summed E-state index contributed by atoms with van der Waals surface area (Å²) in [6, 6.07) is 7.67. The number of benzene rings is 1. The Morgan fingerprint density at radius 2 is 2.11 bits per heavy atom. The third-order valence-corrected chi connectivity index (χ3v) is 4.70. The SMILES string of the molecule is O=C(O)c1cn(-c2ccccn2)c2cc(N3CCC(O)C3)c(F)cc2c1=O. The van der Waals surface area contributed by atoms with Gasteiger partial charge in [0.2, 0.25) is 5.43 Å². The Morgan fingerprint density at radius 3 is 2.74 bits per heavy atom. The van der Waals surface area contributed by atoms with E-state index in [9.17, 15) is 24.2 Å². The van der Waals surface area contributed by atoms with Gasteiger partial charge in [-0.2, -0.15) is 0 Å². The molecule has 7 nitrogen and oxygen atoms in total. The van der Waals surface area contributed by atoms with Gasteiger partial charge in [-0.05, 0) is 30.7 Å². The second-order valence-corrected chi connectivity index (χ2v) is 6.44. The predicted molar refractivity (Wildman–Crippen MR) is 97.1 cm³/mol. The van der Waals surface area contributed by atoms with Crippen molar-refractivity contribution in [3.05, 3.63) is 64.3 Å². The fourth-order valence-electron chi connectivity index (χ4n) is 3.38. The van der Waals surface area contributed by atoms with E-state index < -0.39 is 28.9 Å². The molecule has 3 aromatic rings. The molecule has 8 heteroatoms. The maximum atomic E-state index is 14.7. The first-order valence-electron chi connectivity index (χ1n) is 8.42. The van der Waals surface area contributed by atoms with Crippen LogP contribution < -0.4 is 10.3 Å². The summed E-state index contributed by atoms with van der Waals surface area (Å²) in [5.74, 6) is -1.62. The normalized spacial score (nSPS) is 16.8. The molecule has 2 N–H and O–H groups in total. The van der Waals surface area contributed by atoms with Crippen LogP contribution in [-0.4, -0.2) is 44.9 Å². The van der Waals surface area contributed by atoms with E-state index in [0.29, 0.717) is 30.8 Å². The Morgan fingerprint density at radius 1 is 1.30 bits per heavy atom. The van der Waals surface area contributed by atoms with Crippen LogP contribution >= 0.6 is 0 Å². The van der Waals surface area contributed by atoms with Crippen LogP contribution in [0.4, 0.5) is 10.1 Å². The number of aromatic carboxylic acids is 1. The first-order valence-corrected chi connectivity index (χ1v) is 8.42. The van der Waals surface area contributed by atoms with Crippen LogP contribution in [0.1, 0.15) is 16.8 Å². The van der Waals surface area contributed by atoms with Gasteiger partial charge in [0.1, 0.15) is 17.2 Å². The molecule has 1 atom stereocenters. The average Bonchev–Trinajstić information content (AvgIpc) is 3.08. The van der Waals surface area contributed by atoms with Crippen molar-refractivity contribution in [1.82, 2.24) is 9.55 Å². The molecule has 1 unspecified atom stereocenters. The Balaban J connectivity index is 2.03. The third kappa shape index (κ3) is 2.93. The molecular weight excluding hydrogens is 353 g/mol. The summed E-state index contributed by atoms with van der Waals surface area (Å²) in [5.41, 5.74) is -0.610. The highest BCUT2D eigenvalue weighted by atomic mass is 19.1. The number of carboxylic acids is 1. The summed E-state index contributed by atoms with van der Waals surface area (Å²) >= 11 is 0. The lowest BCUT2D eigenvalue weighted by molar-refractivity contribution is 0.0695. The number of β-amino-alcohol motifs (C(OH)–C–C–N with tert-alkyl or cyclic N) is 1. The number of hydrogen-bond acceptors (Lipinski definition) is 5. The highest BCUT2D eigenvalue weighted by molar-refractivity contribution is 5.94. The number of carboxylic acid groups (broad SMARTS) is 1. The molecule has 1 saturated heterocycles. The minimum Gasteiger partial charge on any atom is -0.477 e. The topological polar surface area (TPSA) is 95.7 Å². The number of aromatic nitrogens is 2.